The highest BCUT2D eigenvalue weighted by molar-refractivity contribution is 9.10. The number of halogens is 8. The normalized spacial score (nSPS) is 21.4. The molecule has 4 aromatic rings. The number of nitrogens with zero attached hydrogens (tertiary/aromatic N) is 6. The average molecular weight is 1210 g/mol. The highest BCUT2D eigenvalue weighted by Gasteiger charge is 2.49. The van der Waals surface area contributed by atoms with Gasteiger partial charge in [0.05, 0.1) is 49.3 Å². The Morgan fingerprint density at radius 1 is 0.718 bits per heavy atom. The zero-order valence-corrected chi connectivity index (χ0v) is 47.2. The van der Waals surface area contributed by atoms with Crippen LogP contribution in [-0.4, -0.2) is 119 Å². The fourth-order valence-electron chi connectivity index (χ4n) is 8.82. The summed E-state index contributed by atoms with van der Waals surface area (Å²) in [6.07, 6.45) is 8.18. The van der Waals surface area contributed by atoms with E-state index in [2.05, 4.69) is 41.5 Å². The highest BCUT2D eigenvalue weighted by Crippen LogP contribution is 2.41. The predicted octanol–water partition coefficient (Wildman–Crippen LogP) is 10.5. The van der Waals surface area contributed by atoms with Crippen LogP contribution in [-0.2, 0) is 28.7 Å². The number of thiazole rings is 2. The van der Waals surface area contributed by atoms with Crippen LogP contribution in [0.2, 0.25) is 5.02 Å². The Hall–Kier alpha value is -5.85. The van der Waals surface area contributed by atoms with Gasteiger partial charge in [-0.2, -0.15) is 0 Å². The first kappa shape index (κ1) is 59.8. The minimum Gasteiger partial charge on any atom is -0.463 e. The van der Waals surface area contributed by atoms with E-state index in [1.165, 1.54) is 87.1 Å². The van der Waals surface area contributed by atoms with Crippen molar-refractivity contribution in [2.75, 3.05) is 52.5 Å². The molecule has 6 heterocycles. The third-order valence-corrected chi connectivity index (χ3v) is 15.4. The predicted molar refractivity (Wildman–Crippen MR) is 290 cm³/mol. The first-order valence-corrected chi connectivity index (χ1v) is 27.8. The smallest absolute Gasteiger partial charge is 0.338 e. The van der Waals surface area contributed by atoms with E-state index in [1.807, 2.05) is 0 Å². The first-order valence-electron chi connectivity index (χ1n) is 24.8. The molecule has 4 atom stereocenters. The zero-order chi connectivity index (χ0) is 56.6. The topological polar surface area (TPSA) is 168 Å². The number of ketones is 2. The maximum Gasteiger partial charge on any atom is 0.338 e. The third-order valence-electron chi connectivity index (χ3n) is 12.8. The second kappa shape index (κ2) is 26.0. The molecule has 0 bridgehead atoms. The van der Waals surface area contributed by atoms with Crippen LogP contribution >= 0.6 is 50.2 Å². The van der Waals surface area contributed by atoms with Crippen molar-refractivity contribution in [1.29, 1.82) is 0 Å². The second-order valence-corrected chi connectivity index (χ2v) is 22.2. The Kier molecular flexibility index (Phi) is 19.9. The van der Waals surface area contributed by atoms with Gasteiger partial charge < -0.3 is 20.1 Å². The number of alkyl halides is 4. The van der Waals surface area contributed by atoms with Gasteiger partial charge in [0, 0.05) is 87.6 Å². The summed E-state index contributed by atoms with van der Waals surface area (Å²) >= 11 is 12.4. The van der Waals surface area contributed by atoms with Gasteiger partial charge in [0.25, 0.3) is 11.8 Å². The lowest BCUT2D eigenvalue weighted by atomic mass is 9.95. The third kappa shape index (κ3) is 14.5. The molecule has 2 aromatic heterocycles. The molecule has 4 aliphatic rings. The molecule has 0 amide bonds. The molecule has 24 heteroatoms. The first-order chi connectivity index (χ1) is 37.0. The van der Waals surface area contributed by atoms with Crippen molar-refractivity contribution in [2.24, 2.45) is 33.7 Å². The van der Waals surface area contributed by atoms with Crippen molar-refractivity contribution >= 4 is 85.4 Å². The standard InChI is InChI=1S/C27H28BrF3N4O3S.C27H28ClF3N4O3S/c2*1-4-38-26(37)22-20(13-35-12-16(27(30,31)14-35)5-8-21(36)15(2)3)33-24(25-32-9-10-39-25)34-23(22)18-7-6-17(29)11-19(18)28/h2*5-11,15-16,23H,4,12-14H2,1-3H3,(H,33,34)/b2*8-5+. The number of aliphatic imine (C=N–C) groups is 2. The molecule has 2 saturated heterocycles. The van der Waals surface area contributed by atoms with Crippen LogP contribution in [0.1, 0.15) is 74.8 Å². The largest absolute Gasteiger partial charge is 0.463 e. The maximum absolute atomic E-state index is 15.0. The number of hydrogen-bond acceptors (Lipinski definition) is 16. The molecule has 4 aliphatic heterocycles. The van der Waals surface area contributed by atoms with Crippen LogP contribution in [0.25, 0.3) is 0 Å². The van der Waals surface area contributed by atoms with Gasteiger partial charge in [0.15, 0.2) is 33.3 Å². The van der Waals surface area contributed by atoms with Gasteiger partial charge in [-0.15, -0.1) is 22.7 Å². The van der Waals surface area contributed by atoms with Crippen LogP contribution < -0.4 is 10.6 Å². The number of ether oxygens (including phenoxy) is 2. The van der Waals surface area contributed by atoms with Crippen molar-refractivity contribution in [3.63, 3.8) is 0 Å². The summed E-state index contributed by atoms with van der Waals surface area (Å²) in [5, 5.41) is 10.9. The molecule has 0 aliphatic carbocycles. The molecular formula is C54H56BrClF6N8O6S2. The van der Waals surface area contributed by atoms with Crippen molar-refractivity contribution in [2.45, 2.75) is 65.5 Å². The van der Waals surface area contributed by atoms with Crippen molar-refractivity contribution in [3.8, 4) is 0 Å². The summed E-state index contributed by atoms with van der Waals surface area (Å²) in [6.45, 7) is 9.00. The van der Waals surface area contributed by atoms with Crippen molar-refractivity contribution in [1.82, 2.24) is 30.4 Å². The molecule has 8 rings (SSSR count). The fourth-order valence-corrected chi connectivity index (χ4v) is 10.8. The molecule has 4 unspecified atom stereocenters. The number of benzene rings is 2. The van der Waals surface area contributed by atoms with Gasteiger partial charge in [-0.25, -0.2) is 45.9 Å². The van der Waals surface area contributed by atoms with Crippen LogP contribution in [0.4, 0.5) is 26.3 Å². The molecule has 78 heavy (non-hydrogen) atoms. The van der Waals surface area contributed by atoms with E-state index in [1.54, 1.807) is 64.7 Å². The van der Waals surface area contributed by atoms with Crippen molar-refractivity contribution < 1.29 is 55.0 Å². The van der Waals surface area contributed by atoms with E-state index in [9.17, 15) is 45.5 Å². The molecule has 416 valence electrons. The van der Waals surface area contributed by atoms with E-state index in [4.69, 9.17) is 26.1 Å². The number of rotatable bonds is 18. The number of amidine groups is 2. The molecule has 0 radical (unpaired) electrons. The minimum absolute atomic E-state index is 0.0230. The summed E-state index contributed by atoms with van der Waals surface area (Å²) < 4.78 is 98.7. The number of aromatic nitrogens is 2. The Morgan fingerprint density at radius 2 is 1.14 bits per heavy atom. The number of allylic oxidation sites excluding steroid dienone is 2. The minimum atomic E-state index is -3.08. The van der Waals surface area contributed by atoms with Gasteiger partial charge >= 0.3 is 11.9 Å². The maximum atomic E-state index is 15.0. The molecule has 2 fully saturated rings. The molecule has 0 spiro atoms. The Labute approximate surface area is 468 Å². The summed E-state index contributed by atoms with van der Waals surface area (Å²) in [7, 11) is 0. The summed E-state index contributed by atoms with van der Waals surface area (Å²) in [5.41, 5.74) is 1.73. The monoisotopic (exact) mass is 1200 g/mol. The number of carbonyl (C=O) groups is 4. The van der Waals surface area contributed by atoms with Gasteiger partial charge in [0.2, 0.25) is 0 Å². The van der Waals surface area contributed by atoms with Crippen LogP contribution in [0, 0.1) is 35.3 Å². The van der Waals surface area contributed by atoms with E-state index < -0.39 is 72.4 Å². The van der Waals surface area contributed by atoms with E-state index in [0.29, 0.717) is 48.7 Å². The Bertz CT molecular complexity index is 2860. The molecule has 0 saturated carbocycles. The van der Waals surface area contributed by atoms with Gasteiger partial charge in [0.1, 0.15) is 23.7 Å². The molecule has 2 aromatic carbocycles. The van der Waals surface area contributed by atoms with Crippen LogP contribution in [0.3, 0.4) is 0 Å². The fraction of sp³-hybridized carbons (Fsp3) is 0.407. The second-order valence-electron chi connectivity index (χ2n) is 19.1. The number of esters is 2. The van der Waals surface area contributed by atoms with Crippen LogP contribution in [0.15, 0.2) is 121 Å². The molecule has 2 N–H and O–H groups in total. The zero-order valence-electron chi connectivity index (χ0n) is 43.2. The van der Waals surface area contributed by atoms with Crippen LogP contribution in [0.5, 0.6) is 0 Å². The lowest BCUT2D eigenvalue weighted by Crippen LogP contribution is -2.39. The lowest BCUT2D eigenvalue weighted by Gasteiger charge is -2.29. The number of carbonyl (C=O) groups excluding carboxylic acids is 4. The van der Waals surface area contributed by atoms with Gasteiger partial charge in [-0.05, 0) is 55.8 Å². The Balaban J connectivity index is 0.000000226. The molecule has 14 nitrogen and oxygen atoms in total. The molecular weight excluding hydrogens is 1150 g/mol. The van der Waals surface area contributed by atoms with Crippen molar-refractivity contribution in [3.05, 3.63) is 149 Å². The number of nitrogens with one attached hydrogen (secondary N) is 2. The summed E-state index contributed by atoms with van der Waals surface area (Å²) in [4.78, 5) is 71.5. The van der Waals surface area contributed by atoms with Gasteiger partial charge in [-0.1, -0.05) is 79.5 Å². The number of hydrogen-bond donors (Lipinski definition) is 2. The quantitative estimate of drug-likeness (QED) is 0.0551. The summed E-state index contributed by atoms with van der Waals surface area (Å²) in [6, 6.07) is 5.92. The average Bonchev–Trinajstić information content (AvgIpc) is 4.30. The van der Waals surface area contributed by atoms with E-state index in [-0.39, 0.29) is 79.0 Å². The lowest BCUT2D eigenvalue weighted by molar-refractivity contribution is -0.139. The summed E-state index contributed by atoms with van der Waals surface area (Å²) in [5.74, 6) is -11.2. The number of likely N-dealkylation sites (tertiary alicyclic amines) is 2. The van der Waals surface area contributed by atoms with Gasteiger partial charge in [-0.3, -0.25) is 29.4 Å². The highest BCUT2D eigenvalue weighted by atomic mass is 79.9. The SMILES string of the molecule is CCOC(=O)C1=C(CN2CC(/C=C/C(=O)C(C)C)C(F)(F)C2)NC(c2nccs2)=NC1c1ccc(F)cc1Br.CCOC(=O)C1=C(CN2CC(/C=C/C(=O)C(C)C)C(F)(F)C2)NC(c2nccs2)=NC1c1ccc(F)cc1Cl. The Morgan fingerprint density at radius 3 is 1.53 bits per heavy atom. The van der Waals surface area contributed by atoms with E-state index in [0.717, 1.165) is 6.07 Å². The van der Waals surface area contributed by atoms with E-state index >= 15 is 0 Å².